The van der Waals surface area contributed by atoms with Crippen LogP contribution in [0.5, 0.6) is 0 Å². The van der Waals surface area contributed by atoms with Gasteiger partial charge in [-0.05, 0) is 69.2 Å². The lowest BCUT2D eigenvalue weighted by Gasteiger charge is -2.19. The van der Waals surface area contributed by atoms with E-state index in [2.05, 4.69) is 11.4 Å². The van der Waals surface area contributed by atoms with Gasteiger partial charge in [0.05, 0.1) is 18.6 Å². The molecule has 3 aromatic rings. The Labute approximate surface area is 169 Å². The molecule has 1 heterocycles. The van der Waals surface area contributed by atoms with Crippen molar-refractivity contribution in [1.29, 1.82) is 0 Å². The van der Waals surface area contributed by atoms with E-state index < -0.39 is 0 Å². The molecule has 0 atom stereocenters. The first-order valence-corrected chi connectivity index (χ1v) is 10.1. The molecule has 0 amide bonds. The van der Waals surface area contributed by atoms with Crippen molar-refractivity contribution in [3.8, 4) is 0 Å². The summed E-state index contributed by atoms with van der Waals surface area (Å²) < 4.78 is 30.0. The fourth-order valence-corrected chi connectivity index (χ4v) is 3.51. The second kappa shape index (κ2) is 9.56. The minimum atomic E-state index is -0.229. The van der Waals surface area contributed by atoms with E-state index in [4.69, 9.17) is 13.9 Å². The van der Waals surface area contributed by atoms with Gasteiger partial charge in [0.2, 0.25) is 0 Å². The van der Waals surface area contributed by atoms with Crippen molar-refractivity contribution in [2.45, 2.75) is 42.6 Å². The third-order valence-corrected chi connectivity index (χ3v) is 4.99. The van der Waals surface area contributed by atoms with Gasteiger partial charge >= 0.3 is 0 Å². The number of halogens is 1. The number of fused-ring (bicyclic) bond motifs is 1. The van der Waals surface area contributed by atoms with E-state index in [-0.39, 0.29) is 18.2 Å². The van der Waals surface area contributed by atoms with Crippen LogP contribution in [-0.2, 0) is 15.9 Å². The highest BCUT2D eigenvalue weighted by Gasteiger charge is 2.10. The van der Waals surface area contributed by atoms with Gasteiger partial charge < -0.3 is 13.9 Å². The van der Waals surface area contributed by atoms with Crippen LogP contribution >= 0.6 is 11.8 Å². The lowest BCUT2D eigenvalue weighted by atomic mass is 10.1. The van der Waals surface area contributed by atoms with E-state index in [1.165, 1.54) is 23.9 Å². The van der Waals surface area contributed by atoms with Crippen molar-refractivity contribution in [2.24, 2.45) is 0 Å². The Morgan fingerprint density at radius 3 is 2.71 bits per heavy atom. The zero-order chi connectivity index (χ0) is 20.0. The molecule has 3 rings (SSSR count). The van der Waals surface area contributed by atoms with Crippen LogP contribution in [0, 0.1) is 5.82 Å². The molecule has 0 radical (unpaired) electrons. The SMILES string of the molecule is CC(C)(C)OCOCNCCc1coc2cc(Sc3cccc(F)c3)ccc12. The first-order valence-electron chi connectivity index (χ1n) is 9.27. The Kier molecular flexibility index (Phi) is 7.13. The predicted octanol–water partition coefficient (Wildman–Crippen LogP) is 5.60. The fraction of sp³-hybridized carbons (Fsp3) is 0.364. The predicted molar refractivity (Wildman–Crippen MR) is 110 cm³/mol. The Balaban J connectivity index is 1.49. The lowest BCUT2D eigenvalue weighted by Crippen LogP contribution is -2.25. The maximum absolute atomic E-state index is 13.3. The van der Waals surface area contributed by atoms with Crippen molar-refractivity contribution < 1.29 is 18.3 Å². The summed E-state index contributed by atoms with van der Waals surface area (Å²) in [5.41, 5.74) is 1.80. The van der Waals surface area contributed by atoms with Crippen molar-refractivity contribution in [1.82, 2.24) is 5.32 Å². The van der Waals surface area contributed by atoms with Gasteiger partial charge in [-0.15, -0.1) is 0 Å². The van der Waals surface area contributed by atoms with Gasteiger partial charge in [-0.1, -0.05) is 17.8 Å². The molecule has 0 aliphatic heterocycles. The van der Waals surface area contributed by atoms with Crippen LogP contribution < -0.4 is 5.32 Å². The maximum atomic E-state index is 13.3. The van der Waals surface area contributed by atoms with Gasteiger partial charge in [0.15, 0.2) is 0 Å². The summed E-state index contributed by atoms with van der Waals surface area (Å²) in [4.78, 5) is 1.88. The molecule has 1 N–H and O–H groups in total. The van der Waals surface area contributed by atoms with Crippen molar-refractivity contribution in [3.63, 3.8) is 0 Å². The summed E-state index contributed by atoms with van der Waals surface area (Å²) >= 11 is 1.52. The second-order valence-electron chi connectivity index (χ2n) is 7.45. The standard InChI is InChI=1S/C22H26FNO3S/c1-22(2,3)27-15-25-14-24-10-9-16-13-26-21-12-19(7-8-20(16)21)28-18-6-4-5-17(23)11-18/h4-8,11-13,24H,9-10,14-15H2,1-3H3. The quantitative estimate of drug-likeness (QED) is 0.372. The summed E-state index contributed by atoms with van der Waals surface area (Å²) in [5, 5.41) is 4.34. The number of benzene rings is 2. The highest BCUT2D eigenvalue weighted by atomic mass is 32.2. The molecule has 0 unspecified atom stereocenters. The monoisotopic (exact) mass is 403 g/mol. The third-order valence-electron chi connectivity index (χ3n) is 4.01. The van der Waals surface area contributed by atoms with E-state index in [1.807, 2.05) is 39.0 Å². The third kappa shape index (κ3) is 6.34. The number of hydrogen-bond acceptors (Lipinski definition) is 5. The topological polar surface area (TPSA) is 43.6 Å². The molecular weight excluding hydrogens is 377 g/mol. The fourth-order valence-electron chi connectivity index (χ4n) is 2.61. The first kappa shape index (κ1) is 20.9. The van der Waals surface area contributed by atoms with Gasteiger partial charge in [0.1, 0.15) is 18.2 Å². The molecule has 0 saturated carbocycles. The highest BCUT2D eigenvalue weighted by molar-refractivity contribution is 7.99. The maximum Gasteiger partial charge on any atom is 0.149 e. The summed E-state index contributed by atoms with van der Waals surface area (Å²) in [5.74, 6) is -0.229. The Morgan fingerprint density at radius 2 is 1.93 bits per heavy atom. The van der Waals surface area contributed by atoms with Crippen LogP contribution in [0.15, 0.2) is 62.9 Å². The van der Waals surface area contributed by atoms with Crippen LogP contribution in [-0.4, -0.2) is 25.7 Å². The zero-order valence-corrected chi connectivity index (χ0v) is 17.3. The normalized spacial score (nSPS) is 12.0. The minimum Gasteiger partial charge on any atom is -0.464 e. The van der Waals surface area contributed by atoms with E-state index in [0.717, 1.165) is 39.3 Å². The molecule has 0 bridgehead atoms. The summed E-state index contributed by atoms with van der Waals surface area (Å²) in [6, 6.07) is 12.7. The van der Waals surface area contributed by atoms with Crippen molar-refractivity contribution in [2.75, 3.05) is 20.1 Å². The Hall–Kier alpha value is -1.86. The van der Waals surface area contributed by atoms with Gasteiger partial charge in [-0.2, -0.15) is 0 Å². The van der Waals surface area contributed by atoms with E-state index >= 15 is 0 Å². The van der Waals surface area contributed by atoms with Gasteiger partial charge in [-0.3, -0.25) is 5.32 Å². The Morgan fingerprint density at radius 1 is 1.11 bits per heavy atom. The van der Waals surface area contributed by atoms with Crippen LogP contribution in [0.25, 0.3) is 11.0 Å². The van der Waals surface area contributed by atoms with Gasteiger partial charge in [-0.25, -0.2) is 4.39 Å². The molecule has 0 saturated heterocycles. The first-order chi connectivity index (χ1) is 13.4. The minimum absolute atomic E-state index is 0.193. The second-order valence-corrected chi connectivity index (χ2v) is 8.60. The molecular formula is C22H26FNO3S. The summed E-state index contributed by atoms with van der Waals surface area (Å²) in [7, 11) is 0. The van der Waals surface area contributed by atoms with E-state index in [0.29, 0.717) is 6.73 Å². The average Bonchev–Trinajstić information content (AvgIpc) is 3.02. The van der Waals surface area contributed by atoms with Crippen molar-refractivity contribution >= 4 is 22.7 Å². The molecule has 2 aromatic carbocycles. The number of rotatable bonds is 9. The molecule has 0 aliphatic rings. The van der Waals surface area contributed by atoms with Gasteiger partial charge in [0.25, 0.3) is 0 Å². The molecule has 0 spiro atoms. The van der Waals surface area contributed by atoms with Crippen LogP contribution in [0.1, 0.15) is 26.3 Å². The highest BCUT2D eigenvalue weighted by Crippen LogP contribution is 2.32. The lowest BCUT2D eigenvalue weighted by molar-refractivity contribution is -0.123. The molecule has 1 aromatic heterocycles. The van der Waals surface area contributed by atoms with Crippen molar-refractivity contribution in [3.05, 3.63) is 60.1 Å². The number of hydrogen-bond donors (Lipinski definition) is 1. The molecule has 6 heteroatoms. The van der Waals surface area contributed by atoms with Crippen LogP contribution in [0.2, 0.25) is 0 Å². The molecule has 4 nitrogen and oxygen atoms in total. The van der Waals surface area contributed by atoms with E-state index in [9.17, 15) is 4.39 Å². The number of ether oxygens (including phenoxy) is 2. The molecule has 0 aliphatic carbocycles. The number of nitrogens with one attached hydrogen (secondary N) is 1. The van der Waals surface area contributed by atoms with Crippen LogP contribution in [0.3, 0.4) is 0 Å². The zero-order valence-electron chi connectivity index (χ0n) is 16.5. The van der Waals surface area contributed by atoms with Crippen LogP contribution in [0.4, 0.5) is 4.39 Å². The largest absolute Gasteiger partial charge is 0.464 e. The molecule has 0 fully saturated rings. The van der Waals surface area contributed by atoms with E-state index in [1.54, 1.807) is 12.3 Å². The molecule has 28 heavy (non-hydrogen) atoms. The smallest absolute Gasteiger partial charge is 0.149 e. The van der Waals surface area contributed by atoms with Gasteiger partial charge in [0, 0.05) is 21.7 Å². The molecule has 150 valence electrons. The summed E-state index contributed by atoms with van der Waals surface area (Å²) in [6.45, 7) is 7.49. The number of furan rings is 1. The average molecular weight is 404 g/mol. The summed E-state index contributed by atoms with van der Waals surface area (Å²) in [6.07, 6.45) is 2.64. The Bertz CT molecular complexity index is 904.